The molecule has 1 rings (SSSR count). The van der Waals surface area contributed by atoms with Crippen molar-refractivity contribution in [3.63, 3.8) is 0 Å². The Hall–Kier alpha value is -0.470. The standard InChI is InChI=1S/C16H27NS/c1-13(2)15(11-17-16(3,4)5)18-12-14-9-7-6-8-10-14/h6-10,13,15,17H,11-12H2,1-5H3. The van der Waals surface area contributed by atoms with Gasteiger partial charge in [-0.3, -0.25) is 0 Å². The van der Waals surface area contributed by atoms with Gasteiger partial charge in [-0.25, -0.2) is 0 Å². The number of hydrogen-bond donors (Lipinski definition) is 1. The quantitative estimate of drug-likeness (QED) is 0.821. The molecule has 0 aromatic heterocycles. The summed E-state index contributed by atoms with van der Waals surface area (Å²) in [6.07, 6.45) is 0. The van der Waals surface area contributed by atoms with Crippen molar-refractivity contribution in [2.75, 3.05) is 6.54 Å². The molecule has 0 saturated heterocycles. The maximum absolute atomic E-state index is 3.62. The van der Waals surface area contributed by atoms with Crippen LogP contribution in [0.15, 0.2) is 30.3 Å². The number of hydrogen-bond acceptors (Lipinski definition) is 2. The van der Waals surface area contributed by atoms with Gasteiger partial charge in [0.2, 0.25) is 0 Å². The Labute approximate surface area is 117 Å². The first-order chi connectivity index (χ1) is 8.38. The van der Waals surface area contributed by atoms with Crippen LogP contribution in [0.2, 0.25) is 0 Å². The minimum atomic E-state index is 0.209. The van der Waals surface area contributed by atoms with Crippen molar-refractivity contribution in [3.8, 4) is 0 Å². The highest BCUT2D eigenvalue weighted by Crippen LogP contribution is 2.23. The molecule has 0 fully saturated rings. The summed E-state index contributed by atoms with van der Waals surface area (Å²) in [5.41, 5.74) is 1.63. The highest BCUT2D eigenvalue weighted by Gasteiger charge is 2.17. The molecule has 1 unspecified atom stereocenters. The smallest absolute Gasteiger partial charge is 0.0198 e. The molecule has 0 saturated carbocycles. The van der Waals surface area contributed by atoms with E-state index in [2.05, 4.69) is 82.0 Å². The summed E-state index contributed by atoms with van der Waals surface area (Å²) < 4.78 is 0. The molecule has 1 N–H and O–H groups in total. The van der Waals surface area contributed by atoms with Gasteiger partial charge in [0.15, 0.2) is 0 Å². The topological polar surface area (TPSA) is 12.0 Å². The summed E-state index contributed by atoms with van der Waals surface area (Å²) in [4.78, 5) is 0. The van der Waals surface area contributed by atoms with E-state index in [1.54, 1.807) is 0 Å². The van der Waals surface area contributed by atoms with Gasteiger partial charge in [0.05, 0.1) is 0 Å². The maximum Gasteiger partial charge on any atom is 0.0198 e. The predicted molar refractivity (Wildman–Crippen MR) is 84.1 cm³/mol. The van der Waals surface area contributed by atoms with Crippen LogP contribution in [-0.2, 0) is 5.75 Å². The number of nitrogens with one attached hydrogen (secondary N) is 1. The van der Waals surface area contributed by atoms with E-state index in [1.165, 1.54) is 5.56 Å². The molecule has 0 amide bonds. The second kappa shape index (κ2) is 7.20. The van der Waals surface area contributed by atoms with E-state index in [-0.39, 0.29) is 5.54 Å². The van der Waals surface area contributed by atoms with Crippen molar-refractivity contribution in [1.29, 1.82) is 0 Å². The van der Waals surface area contributed by atoms with Gasteiger partial charge < -0.3 is 5.32 Å². The van der Waals surface area contributed by atoms with Crippen molar-refractivity contribution in [3.05, 3.63) is 35.9 Å². The monoisotopic (exact) mass is 265 g/mol. The Morgan fingerprint density at radius 1 is 1.11 bits per heavy atom. The SMILES string of the molecule is CC(C)C(CNC(C)(C)C)SCc1ccccc1. The van der Waals surface area contributed by atoms with Crippen LogP contribution in [0.25, 0.3) is 0 Å². The molecule has 0 spiro atoms. The molecule has 102 valence electrons. The second-order valence-corrected chi connectivity index (χ2v) is 7.44. The van der Waals surface area contributed by atoms with E-state index in [0.717, 1.165) is 12.3 Å². The van der Waals surface area contributed by atoms with Gasteiger partial charge in [0.25, 0.3) is 0 Å². The Morgan fingerprint density at radius 2 is 1.72 bits per heavy atom. The summed E-state index contributed by atoms with van der Waals surface area (Å²) in [5, 5.41) is 4.29. The van der Waals surface area contributed by atoms with E-state index in [9.17, 15) is 0 Å². The Balaban J connectivity index is 2.44. The van der Waals surface area contributed by atoms with Gasteiger partial charge in [0, 0.05) is 23.1 Å². The molecule has 18 heavy (non-hydrogen) atoms. The van der Waals surface area contributed by atoms with Crippen LogP contribution >= 0.6 is 11.8 Å². The van der Waals surface area contributed by atoms with Gasteiger partial charge in [-0.05, 0) is 32.3 Å². The third kappa shape index (κ3) is 6.46. The summed E-state index contributed by atoms with van der Waals surface area (Å²) in [6.45, 7) is 12.4. The highest BCUT2D eigenvalue weighted by molar-refractivity contribution is 7.99. The average molecular weight is 265 g/mol. The first-order valence-corrected chi connectivity index (χ1v) is 7.84. The van der Waals surface area contributed by atoms with Crippen LogP contribution in [0.4, 0.5) is 0 Å². The predicted octanol–water partition coefficient (Wildman–Crippen LogP) is 4.33. The summed E-state index contributed by atoms with van der Waals surface area (Å²) >= 11 is 2.06. The lowest BCUT2D eigenvalue weighted by molar-refractivity contribution is 0.408. The molecule has 0 radical (unpaired) electrons. The highest BCUT2D eigenvalue weighted by atomic mass is 32.2. The summed E-state index contributed by atoms with van der Waals surface area (Å²) in [7, 11) is 0. The van der Waals surface area contributed by atoms with E-state index < -0.39 is 0 Å². The molecular formula is C16H27NS. The molecule has 0 aliphatic heterocycles. The summed E-state index contributed by atoms with van der Waals surface area (Å²) in [5.74, 6) is 1.81. The minimum absolute atomic E-state index is 0.209. The fourth-order valence-electron chi connectivity index (χ4n) is 1.67. The zero-order valence-corrected chi connectivity index (χ0v) is 13.2. The zero-order valence-electron chi connectivity index (χ0n) is 12.4. The zero-order chi connectivity index (χ0) is 13.6. The van der Waals surface area contributed by atoms with Gasteiger partial charge >= 0.3 is 0 Å². The van der Waals surface area contributed by atoms with Crippen molar-refractivity contribution >= 4 is 11.8 Å². The lowest BCUT2D eigenvalue weighted by atomic mass is 10.1. The van der Waals surface area contributed by atoms with E-state index in [4.69, 9.17) is 0 Å². The molecule has 1 aromatic carbocycles. The summed E-state index contributed by atoms with van der Waals surface area (Å²) in [6, 6.07) is 10.7. The molecule has 0 heterocycles. The normalized spacial score (nSPS) is 13.9. The van der Waals surface area contributed by atoms with Gasteiger partial charge in [-0.1, -0.05) is 44.2 Å². The number of thioether (sulfide) groups is 1. The van der Waals surface area contributed by atoms with Crippen LogP contribution in [-0.4, -0.2) is 17.3 Å². The molecule has 1 nitrogen and oxygen atoms in total. The van der Waals surface area contributed by atoms with Gasteiger partial charge in [0.1, 0.15) is 0 Å². The van der Waals surface area contributed by atoms with Crippen molar-refractivity contribution in [1.82, 2.24) is 5.32 Å². The maximum atomic E-state index is 3.62. The van der Waals surface area contributed by atoms with E-state index in [0.29, 0.717) is 11.2 Å². The Morgan fingerprint density at radius 3 is 2.22 bits per heavy atom. The van der Waals surface area contributed by atoms with Crippen LogP contribution in [0.5, 0.6) is 0 Å². The Kier molecular flexibility index (Phi) is 6.24. The van der Waals surface area contributed by atoms with E-state index in [1.807, 2.05) is 0 Å². The van der Waals surface area contributed by atoms with Crippen molar-refractivity contribution in [2.45, 2.75) is 51.2 Å². The molecular weight excluding hydrogens is 238 g/mol. The fraction of sp³-hybridized carbons (Fsp3) is 0.625. The Bertz CT molecular complexity index is 327. The van der Waals surface area contributed by atoms with E-state index >= 15 is 0 Å². The average Bonchev–Trinajstić information content (AvgIpc) is 2.28. The van der Waals surface area contributed by atoms with Crippen LogP contribution in [0.3, 0.4) is 0 Å². The molecule has 2 heteroatoms. The largest absolute Gasteiger partial charge is 0.311 e. The van der Waals surface area contributed by atoms with Gasteiger partial charge in [-0.2, -0.15) is 11.8 Å². The molecule has 1 atom stereocenters. The molecule has 1 aromatic rings. The lowest BCUT2D eigenvalue weighted by Gasteiger charge is -2.27. The molecule has 0 bridgehead atoms. The first kappa shape index (κ1) is 15.6. The lowest BCUT2D eigenvalue weighted by Crippen LogP contribution is -2.41. The number of benzene rings is 1. The molecule has 0 aliphatic rings. The third-order valence-electron chi connectivity index (χ3n) is 2.88. The van der Waals surface area contributed by atoms with Crippen LogP contribution in [0, 0.1) is 5.92 Å². The minimum Gasteiger partial charge on any atom is -0.311 e. The van der Waals surface area contributed by atoms with Crippen LogP contribution < -0.4 is 5.32 Å². The fourth-order valence-corrected chi connectivity index (χ4v) is 2.86. The van der Waals surface area contributed by atoms with Crippen LogP contribution in [0.1, 0.15) is 40.2 Å². The first-order valence-electron chi connectivity index (χ1n) is 6.79. The molecule has 0 aliphatic carbocycles. The third-order valence-corrected chi connectivity index (χ3v) is 4.52. The number of rotatable bonds is 6. The van der Waals surface area contributed by atoms with Gasteiger partial charge in [-0.15, -0.1) is 0 Å². The van der Waals surface area contributed by atoms with Crippen molar-refractivity contribution < 1.29 is 0 Å². The second-order valence-electron chi connectivity index (χ2n) is 6.21. The van der Waals surface area contributed by atoms with Crippen molar-refractivity contribution in [2.24, 2.45) is 5.92 Å².